The van der Waals surface area contributed by atoms with Crippen LogP contribution in [0.2, 0.25) is 0 Å². The molecule has 0 spiro atoms. The zero-order valence-electron chi connectivity index (χ0n) is 17.4. The van der Waals surface area contributed by atoms with Crippen LogP contribution in [0.1, 0.15) is 29.0 Å². The third-order valence-corrected chi connectivity index (χ3v) is 5.89. The number of alkyl halides is 2. The van der Waals surface area contributed by atoms with E-state index in [1.807, 2.05) is 18.3 Å². The minimum atomic E-state index is -2.86. The average molecular weight is 566 g/mol. The Morgan fingerprint density at radius 3 is 2.74 bits per heavy atom. The van der Waals surface area contributed by atoms with Crippen LogP contribution in [0.5, 0.6) is 5.75 Å². The lowest BCUT2D eigenvalue weighted by Crippen LogP contribution is -2.42. The number of hydrogen-bond donors (Lipinski definition) is 3. The molecule has 3 N–H and O–H groups in total. The van der Waals surface area contributed by atoms with E-state index in [9.17, 15) is 13.9 Å². The molecule has 1 unspecified atom stereocenters. The highest BCUT2D eigenvalue weighted by Gasteiger charge is 2.16. The number of halogens is 3. The molecule has 2 heterocycles. The number of hydrogen-bond acceptors (Lipinski definition) is 5. The molecule has 0 saturated carbocycles. The van der Waals surface area contributed by atoms with E-state index in [0.717, 1.165) is 32.6 Å². The molecule has 0 bridgehead atoms. The number of nitrogens with one attached hydrogen (secondary N) is 2. The highest BCUT2D eigenvalue weighted by Crippen LogP contribution is 2.23. The van der Waals surface area contributed by atoms with Gasteiger partial charge in [-0.05, 0) is 48.1 Å². The molecule has 1 atom stereocenters. The molecule has 0 amide bonds. The van der Waals surface area contributed by atoms with Crippen molar-refractivity contribution in [2.45, 2.75) is 32.6 Å². The summed E-state index contributed by atoms with van der Waals surface area (Å²) in [4.78, 5) is 8.36. The molecule has 6 nitrogen and oxygen atoms in total. The summed E-state index contributed by atoms with van der Waals surface area (Å²) in [7, 11) is 0. The molecule has 1 aromatic heterocycles. The molecular weight excluding hydrogens is 537 g/mol. The van der Waals surface area contributed by atoms with Crippen molar-refractivity contribution in [1.82, 2.24) is 15.5 Å². The second kappa shape index (κ2) is 13.1. The van der Waals surface area contributed by atoms with Crippen LogP contribution in [0, 0.1) is 0 Å². The van der Waals surface area contributed by atoms with E-state index in [1.54, 1.807) is 12.1 Å². The molecule has 10 heteroatoms. The van der Waals surface area contributed by atoms with Gasteiger partial charge in [0.15, 0.2) is 5.96 Å². The maximum Gasteiger partial charge on any atom is 0.387 e. The first-order chi connectivity index (χ1) is 14.5. The highest BCUT2D eigenvalue weighted by atomic mass is 127. The fourth-order valence-corrected chi connectivity index (χ4v) is 4.22. The largest absolute Gasteiger partial charge is 0.435 e. The Hall–Kier alpha value is -1.50. The normalized spacial score (nSPS) is 15.2. The van der Waals surface area contributed by atoms with Gasteiger partial charge < -0.3 is 20.5 Å². The molecule has 1 aliphatic heterocycles. The molecule has 31 heavy (non-hydrogen) atoms. The van der Waals surface area contributed by atoms with Crippen molar-refractivity contribution in [1.29, 1.82) is 0 Å². The number of guanidine groups is 1. The Kier molecular flexibility index (Phi) is 10.9. The Morgan fingerprint density at radius 1 is 1.26 bits per heavy atom. The number of rotatable bonds is 9. The Labute approximate surface area is 202 Å². The molecule has 0 aliphatic carbocycles. The van der Waals surface area contributed by atoms with Crippen LogP contribution >= 0.6 is 35.3 Å². The minimum absolute atomic E-state index is 0. The van der Waals surface area contributed by atoms with E-state index in [4.69, 9.17) is 0 Å². The standard InChI is InChI=1S/C21H28F2N4O2S.HI/c1-2-24-21(25-9-11-27-10-7-19-16(14-27)8-12-30-19)26-13-18(28)15-3-5-17(6-4-15)29-20(22)23;/h3-6,8,12,18,20,28H,2,7,9-11,13-14H2,1H3,(H2,24,25,26);1H. The van der Waals surface area contributed by atoms with Crippen LogP contribution in [-0.2, 0) is 13.0 Å². The third-order valence-electron chi connectivity index (χ3n) is 4.86. The van der Waals surface area contributed by atoms with E-state index in [1.165, 1.54) is 22.6 Å². The average Bonchev–Trinajstić information content (AvgIpc) is 3.20. The summed E-state index contributed by atoms with van der Waals surface area (Å²) in [5.41, 5.74) is 2.02. The molecule has 2 aromatic rings. The van der Waals surface area contributed by atoms with Gasteiger partial charge in [0, 0.05) is 37.6 Å². The summed E-state index contributed by atoms with van der Waals surface area (Å²) in [5.74, 6) is 0.703. The van der Waals surface area contributed by atoms with Crippen LogP contribution in [0.15, 0.2) is 40.7 Å². The van der Waals surface area contributed by atoms with Crippen LogP contribution in [-0.4, -0.2) is 55.3 Å². The molecule has 0 saturated heterocycles. The van der Waals surface area contributed by atoms with E-state index in [0.29, 0.717) is 18.1 Å². The second-order valence-corrected chi connectivity index (χ2v) is 8.01. The van der Waals surface area contributed by atoms with Crippen LogP contribution in [0.25, 0.3) is 0 Å². The molecule has 1 aromatic carbocycles. The van der Waals surface area contributed by atoms with E-state index >= 15 is 0 Å². The number of fused-ring (bicyclic) bond motifs is 1. The second-order valence-electron chi connectivity index (χ2n) is 7.00. The van der Waals surface area contributed by atoms with Gasteiger partial charge in [-0.15, -0.1) is 35.3 Å². The summed E-state index contributed by atoms with van der Waals surface area (Å²) in [6.45, 7) is 3.70. The maximum absolute atomic E-state index is 12.2. The molecular formula is C21H29F2IN4O2S. The van der Waals surface area contributed by atoms with E-state index in [2.05, 4.69) is 36.7 Å². The monoisotopic (exact) mass is 566 g/mol. The van der Waals surface area contributed by atoms with Gasteiger partial charge >= 0.3 is 6.61 Å². The van der Waals surface area contributed by atoms with Crippen molar-refractivity contribution >= 4 is 41.3 Å². The SMILES string of the molecule is CCNC(=NCC(O)c1ccc(OC(F)F)cc1)NCCN1CCc2sccc2C1.I. The van der Waals surface area contributed by atoms with Gasteiger partial charge in [-0.3, -0.25) is 9.89 Å². The fraction of sp³-hybridized carbons (Fsp3) is 0.476. The molecule has 172 valence electrons. The maximum atomic E-state index is 12.2. The molecule has 3 rings (SSSR count). The van der Waals surface area contributed by atoms with Crippen molar-refractivity contribution in [3.8, 4) is 5.75 Å². The number of thiophene rings is 1. The first-order valence-electron chi connectivity index (χ1n) is 10.1. The summed E-state index contributed by atoms with van der Waals surface area (Å²) >= 11 is 1.84. The third kappa shape index (κ3) is 8.17. The summed E-state index contributed by atoms with van der Waals surface area (Å²) in [6, 6.07) is 8.16. The quantitative estimate of drug-likeness (QED) is 0.246. The van der Waals surface area contributed by atoms with Gasteiger partial charge in [0.05, 0.1) is 12.6 Å². The predicted octanol–water partition coefficient (Wildman–Crippen LogP) is 3.61. The first kappa shape index (κ1) is 25.8. The zero-order chi connectivity index (χ0) is 21.3. The van der Waals surface area contributed by atoms with Crippen molar-refractivity contribution in [2.75, 3.05) is 32.7 Å². The van der Waals surface area contributed by atoms with Crippen molar-refractivity contribution in [3.05, 3.63) is 51.7 Å². The number of benzene rings is 1. The number of aliphatic imine (C=N–C) groups is 1. The molecule has 0 radical (unpaired) electrons. The van der Waals surface area contributed by atoms with E-state index in [-0.39, 0.29) is 36.3 Å². The summed E-state index contributed by atoms with van der Waals surface area (Å²) in [6.07, 6.45) is 0.272. The summed E-state index contributed by atoms with van der Waals surface area (Å²) in [5, 5.41) is 19.0. The fourth-order valence-electron chi connectivity index (χ4n) is 3.33. The topological polar surface area (TPSA) is 69.1 Å². The zero-order valence-corrected chi connectivity index (χ0v) is 20.5. The Morgan fingerprint density at radius 2 is 2.03 bits per heavy atom. The van der Waals surface area contributed by atoms with Gasteiger partial charge in [0.1, 0.15) is 5.75 Å². The van der Waals surface area contributed by atoms with Crippen molar-refractivity contribution < 1.29 is 18.6 Å². The Balaban J connectivity index is 0.00000341. The predicted molar refractivity (Wildman–Crippen MR) is 131 cm³/mol. The van der Waals surface area contributed by atoms with Crippen molar-refractivity contribution in [3.63, 3.8) is 0 Å². The van der Waals surface area contributed by atoms with Gasteiger partial charge in [-0.1, -0.05) is 12.1 Å². The van der Waals surface area contributed by atoms with Gasteiger partial charge in [0.2, 0.25) is 0 Å². The lowest BCUT2D eigenvalue weighted by molar-refractivity contribution is -0.0498. The van der Waals surface area contributed by atoms with Crippen LogP contribution in [0.3, 0.4) is 0 Å². The highest BCUT2D eigenvalue weighted by molar-refractivity contribution is 14.0. The van der Waals surface area contributed by atoms with Crippen molar-refractivity contribution in [2.24, 2.45) is 4.99 Å². The number of aliphatic hydroxyl groups excluding tert-OH is 1. The smallest absolute Gasteiger partial charge is 0.387 e. The molecule has 0 fully saturated rings. The lowest BCUT2D eigenvalue weighted by atomic mass is 10.1. The first-order valence-corrected chi connectivity index (χ1v) is 11.0. The summed E-state index contributed by atoms with van der Waals surface area (Å²) < 4.78 is 28.8. The number of nitrogens with zero attached hydrogens (tertiary/aromatic N) is 2. The lowest BCUT2D eigenvalue weighted by Gasteiger charge is -2.27. The molecule has 1 aliphatic rings. The number of aliphatic hydroxyl groups is 1. The van der Waals surface area contributed by atoms with Crippen LogP contribution in [0.4, 0.5) is 8.78 Å². The number of ether oxygens (including phenoxy) is 1. The Bertz CT molecular complexity index is 820. The van der Waals surface area contributed by atoms with Gasteiger partial charge in [-0.2, -0.15) is 8.78 Å². The van der Waals surface area contributed by atoms with Gasteiger partial charge in [-0.25, -0.2) is 0 Å². The van der Waals surface area contributed by atoms with Crippen LogP contribution < -0.4 is 15.4 Å². The van der Waals surface area contributed by atoms with Gasteiger partial charge in [0.25, 0.3) is 0 Å². The van der Waals surface area contributed by atoms with E-state index < -0.39 is 12.7 Å². The minimum Gasteiger partial charge on any atom is -0.435 e.